The van der Waals surface area contributed by atoms with Crippen LogP contribution in [0.15, 0.2) is 36.5 Å². The number of nitrogens with zero attached hydrogens (tertiary/aromatic N) is 2. The largest absolute Gasteiger partial charge is 0.497 e. The molecule has 0 saturated heterocycles. The van der Waals surface area contributed by atoms with Gasteiger partial charge in [0, 0.05) is 24.5 Å². The number of rotatable bonds is 8. The zero-order valence-electron chi connectivity index (χ0n) is 18.6. The summed E-state index contributed by atoms with van der Waals surface area (Å²) in [5.74, 6) is 3.29. The van der Waals surface area contributed by atoms with Gasteiger partial charge in [0.15, 0.2) is 0 Å². The molecule has 8 heteroatoms. The smallest absolute Gasteiger partial charge is 0.147 e. The van der Waals surface area contributed by atoms with Crippen molar-refractivity contribution in [1.29, 1.82) is 5.41 Å². The van der Waals surface area contributed by atoms with E-state index in [1.807, 2.05) is 44.4 Å². The molecule has 0 saturated carbocycles. The van der Waals surface area contributed by atoms with Crippen molar-refractivity contribution in [2.45, 2.75) is 12.3 Å². The van der Waals surface area contributed by atoms with E-state index in [-0.39, 0.29) is 5.92 Å². The van der Waals surface area contributed by atoms with Crippen molar-refractivity contribution in [3.05, 3.63) is 53.5 Å². The molecule has 4 rings (SSSR count). The highest BCUT2D eigenvalue weighted by Crippen LogP contribution is 2.36. The fraction of sp³-hybridized carbons (Fsp3) is 0.333. The number of nitrogens with two attached hydrogens (primary N) is 1. The Kier molecular flexibility index (Phi) is 6.32. The maximum atomic E-state index is 7.66. The van der Waals surface area contributed by atoms with Crippen LogP contribution >= 0.6 is 0 Å². The van der Waals surface area contributed by atoms with E-state index < -0.39 is 0 Å². The molecule has 1 unspecified atom stereocenters. The van der Waals surface area contributed by atoms with Crippen molar-refractivity contribution in [1.82, 2.24) is 14.9 Å². The van der Waals surface area contributed by atoms with Gasteiger partial charge in [-0.2, -0.15) is 0 Å². The van der Waals surface area contributed by atoms with Crippen LogP contribution in [-0.2, 0) is 6.42 Å². The number of aromatic nitrogens is 2. The van der Waals surface area contributed by atoms with Gasteiger partial charge in [0.2, 0.25) is 0 Å². The minimum absolute atomic E-state index is 0.0762. The molecule has 1 aromatic heterocycles. The number of hydrogen-bond donors (Lipinski definition) is 3. The summed E-state index contributed by atoms with van der Waals surface area (Å²) in [6.45, 7) is 1.85. The summed E-state index contributed by atoms with van der Waals surface area (Å²) in [5, 5.41) is 7.66. The second-order valence-electron chi connectivity index (χ2n) is 8.10. The fourth-order valence-corrected chi connectivity index (χ4v) is 3.81. The molecule has 0 aliphatic carbocycles. The maximum Gasteiger partial charge on any atom is 0.147 e. The quantitative estimate of drug-likeness (QED) is 0.469. The standard InChI is InChI=1S/C24H29N5O3/c1-29(2)6-7-31-22-11-15(18(12-25)13-26)10-20-23(22)28-24(27-20)17-8-16-9-19(30-3)4-5-21(16)32-14-17/h4-5,9-13,17,25H,6-8,14,26H2,1-3H3,(H,27,28)/b18-13+,25-12?. The predicted molar refractivity (Wildman–Crippen MR) is 126 cm³/mol. The SMILES string of the molecule is COc1ccc2c(c1)CC(c1nc3c(OCCN(C)C)cc(/C(C=N)=C/N)cc3[nH]1)CO2. The molecular weight excluding hydrogens is 406 g/mol. The lowest BCUT2D eigenvalue weighted by atomic mass is 9.96. The number of aromatic amines is 1. The van der Waals surface area contributed by atoms with Crippen LogP contribution in [0.4, 0.5) is 0 Å². The average molecular weight is 436 g/mol. The van der Waals surface area contributed by atoms with Crippen LogP contribution < -0.4 is 19.9 Å². The number of benzene rings is 2. The van der Waals surface area contributed by atoms with E-state index >= 15 is 0 Å². The van der Waals surface area contributed by atoms with Gasteiger partial charge in [0.1, 0.15) is 35.2 Å². The van der Waals surface area contributed by atoms with E-state index in [4.69, 9.17) is 30.3 Å². The highest BCUT2D eigenvalue weighted by molar-refractivity contribution is 6.09. The molecule has 0 spiro atoms. The van der Waals surface area contributed by atoms with Crippen molar-refractivity contribution < 1.29 is 14.2 Å². The van der Waals surface area contributed by atoms with Gasteiger partial charge in [-0.05, 0) is 62.0 Å². The summed E-state index contributed by atoms with van der Waals surface area (Å²) in [5.41, 5.74) is 9.85. The molecule has 3 aromatic rings. The zero-order chi connectivity index (χ0) is 22.7. The second kappa shape index (κ2) is 9.32. The van der Waals surface area contributed by atoms with Crippen LogP contribution in [0.3, 0.4) is 0 Å². The molecule has 2 heterocycles. The normalized spacial score (nSPS) is 16.0. The molecule has 0 fully saturated rings. The first-order valence-corrected chi connectivity index (χ1v) is 10.6. The lowest BCUT2D eigenvalue weighted by Gasteiger charge is -2.24. The molecule has 0 amide bonds. The topological polar surface area (TPSA) is 109 Å². The van der Waals surface area contributed by atoms with Crippen molar-refractivity contribution in [2.75, 3.05) is 41.0 Å². The van der Waals surface area contributed by atoms with Gasteiger partial charge < -0.3 is 35.2 Å². The van der Waals surface area contributed by atoms with Gasteiger partial charge in [-0.15, -0.1) is 0 Å². The van der Waals surface area contributed by atoms with Crippen molar-refractivity contribution in [2.24, 2.45) is 5.73 Å². The van der Waals surface area contributed by atoms with Gasteiger partial charge in [0.25, 0.3) is 0 Å². The minimum Gasteiger partial charge on any atom is -0.497 e. The Balaban J connectivity index is 1.69. The van der Waals surface area contributed by atoms with E-state index in [0.29, 0.717) is 24.5 Å². The number of H-pyrrole nitrogens is 1. The Bertz CT molecular complexity index is 1150. The summed E-state index contributed by atoms with van der Waals surface area (Å²) in [4.78, 5) is 10.4. The molecule has 168 valence electrons. The van der Waals surface area contributed by atoms with Crippen molar-refractivity contribution >= 4 is 22.8 Å². The molecule has 1 aliphatic heterocycles. The molecule has 1 aliphatic rings. The van der Waals surface area contributed by atoms with Gasteiger partial charge >= 0.3 is 0 Å². The molecule has 0 radical (unpaired) electrons. The molecule has 0 bridgehead atoms. The van der Waals surface area contributed by atoms with Crippen LogP contribution in [0, 0.1) is 5.41 Å². The van der Waals surface area contributed by atoms with Gasteiger partial charge in [-0.3, -0.25) is 0 Å². The fourth-order valence-electron chi connectivity index (χ4n) is 3.81. The van der Waals surface area contributed by atoms with E-state index in [1.54, 1.807) is 7.11 Å². The number of nitrogens with one attached hydrogen (secondary N) is 2. The molecule has 4 N–H and O–H groups in total. The zero-order valence-corrected chi connectivity index (χ0v) is 18.6. The Morgan fingerprint density at radius 3 is 2.91 bits per heavy atom. The number of ether oxygens (including phenoxy) is 3. The summed E-state index contributed by atoms with van der Waals surface area (Å²) in [6, 6.07) is 9.72. The molecule has 32 heavy (non-hydrogen) atoms. The third-order valence-electron chi connectivity index (χ3n) is 5.60. The number of fused-ring (bicyclic) bond motifs is 2. The number of hydrogen-bond acceptors (Lipinski definition) is 7. The van der Waals surface area contributed by atoms with Crippen molar-refractivity contribution in [3.8, 4) is 17.2 Å². The van der Waals surface area contributed by atoms with Crippen LogP contribution in [0.2, 0.25) is 0 Å². The maximum absolute atomic E-state index is 7.66. The Morgan fingerprint density at radius 2 is 2.19 bits per heavy atom. The van der Waals surface area contributed by atoms with Crippen LogP contribution in [-0.4, -0.2) is 62.0 Å². The minimum atomic E-state index is 0.0762. The number of allylic oxidation sites excluding steroid dienone is 1. The molecule has 2 aromatic carbocycles. The van der Waals surface area contributed by atoms with E-state index in [2.05, 4.69) is 9.88 Å². The highest BCUT2D eigenvalue weighted by atomic mass is 16.5. The van der Waals surface area contributed by atoms with Gasteiger partial charge in [0.05, 0.1) is 25.2 Å². The van der Waals surface area contributed by atoms with E-state index in [9.17, 15) is 0 Å². The summed E-state index contributed by atoms with van der Waals surface area (Å²) in [7, 11) is 5.67. The number of methoxy groups -OCH3 is 1. The Hall–Kier alpha value is -3.52. The third kappa shape index (κ3) is 4.40. The van der Waals surface area contributed by atoms with Gasteiger partial charge in [-0.1, -0.05) is 0 Å². The van der Waals surface area contributed by atoms with Crippen LogP contribution in [0.25, 0.3) is 16.6 Å². The Morgan fingerprint density at radius 1 is 1.34 bits per heavy atom. The predicted octanol–water partition coefficient (Wildman–Crippen LogP) is 3.18. The molecule has 1 atom stereocenters. The van der Waals surface area contributed by atoms with Crippen LogP contribution in [0.1, 0.15) is 22.9 Å². The lowest BCUT2D eigenvalue weighted by Crippen LogP contribution is -2.20. The highest BCUT2D eigenvalue weighted by Gasteiger charge is 2.25. The summed E-state index contributed by atoms with van der Waals surface area (Å²) >= 11 is 0. The number of likely N-dealkylation sites (N-methyl/N-ethyl adjacent to an activating group) is 1. The van der Waals surface area contributed by atoms with Gasteiger partial charge in [-0.25, -0.2) is 4.98 Å². The summed E-state index contributed by atoms with van der Waals surface area (Å²) in [6.07, 6.45) is 3.46. The molecular formula is C24H29N5O3. The van der Waals surface area contributed by atoms with E-state index in [1.165, 1.54) is 12.4 Å². The summed E-state index contributed by atoms with van der Waals surface area (Å²) < 4.78 is 17.4. The average Bonchev–Trinajstić information content (AvgIpc) is 3.23. The first-order chi connectivity index (χ1) is 15.5. The Labute approximate surface area is 187 Å². The van der Waals surface area contributed by atoms with E-state index in [0.717, 1.165) is 52.4 Å². The van der Waals surface area contributed by atoms with Crippen molar-refractivity contribution in [3.63, 3.8) is 0 Å². The lowest BCUT2D eigenvalue weighted by molar-refractivity contribution is 0.257. The monoisotopic (exact) mass is 435 g/mol. The van der Waals surface area contributed by atoms with Crippen LogP contribution in [0.5, 0.6) is 17.2 Å². The second-order valence-corrected chi connectivity index (χ2v) is 8.10. The first kappa shape index (κ1) is 21.7. The number of imidazole rings is 1. The first-order valence-electron chi connectivity index (χ1n) is 10.6. The molecule has 8 nitrogen and oxygen atoms in total. The third-order valence-corrected chi connectivity index (χ3v) is 5.60.